The van der Waals surface area contributed by atoms with E-state index in [9.17, 15) is 9.59 Å². The van der Waals surface area contributed by atoms with E-state index in [-0.39, 0.29) is 34.7 Å². The Morgan fingerprint density at radius 3 is 2.82 bits per heavy atom. The van der Waals surface area contributed by atoms with Gasteiger partial charge in [-0.15, -0.1) is 0 Å². The van der Waals surface area contributed by atoms with E-state index in [0.717, 1.165) is 29.1 Å². The highest BCUT2D eigenvalue weighted by atomic mass is 16.5. The Morgan fingerprint density at radius 1 is 1.27 bits per heavy atom. The minimum atomic E-state index is -0.301. The second-order valence-electron chi connectivity index (χ2n) is 10.3. The Balaban J connectivity index is 1.35. The van der Waals surface area contributed by atoms with E-state index in [1.807, 2.05) is 12.1 Å². The molecule has 9 nitrogen and oxygen atoms in total. The quantitative estimate of drug-likeness (QED) is 0.635. The monoisotopic (exact) mass is 446 g/mol. The molecule has 0 radical (unpaired) electrons. The number of hydrogen-bond donors (Lipinski definition) is 2. The van der Waals surface area contributed by atoms with Crippen molar-refractivity contribution in [2.45, 2.75) is 32.8 Å². The molecule has 4 heterocycles. The fraction of sp³-hybridized carbons (Fsp3) is 0.417. The topological polar surface area (TPSA) is 115 Å². The van der Waals surface area contributed by atoms with E-state index in [1.54, 1.807) is 23.0 Å². The van der Waals surface area contributed by atoms with Crippen molar-refractivity contribution < 1.29 is 14.3 Å². The first-order chi connectivity index (χ1) is 15.7. The number of nitrogens with one attached hydrogen (secondary N) is 1. The molecule has 9 heteroatoms. The lowest BCUT2D eigenvalue weighted by Crippen LogP contribution is -2.31. The molecule has 3 aromatic rings. The molecule has 0 unspecified atom stereocenters. The molecular weight excluding hydrogens is 420 g/mol. The number of nitrogens with zero attached hydrogens (tertiary/aromatic N) is 4. The molecule has 1 saturated heterocycles. The van der Waals surface area contributed by atoms with Crippen LogP contribution in [-0.4, -0.2) is 45.1 Å². The van der Waals surface area contributed by atoms with E-state index in [2.05, 4.69) is 41.1 Å². The van der Waals surface area contributed by atoms with Crippen molar-refractivity contribution >= 4 is 28.8 Å². The van der Waals surface area contributed by atoms with E-state index in [4.69, 9.17) is 10.5 Å². The third kappa shape index (κ3) is 2.98. The molecule has 3 atom stereocenters. The van der Waals surface area contributed by atoms with Crippen molar-refractivity contribution in [2.75, 3.05) is 23.3 Å². The summed E-state index contributed by atoms with van der Waals surface area (Å²) >= 11 is 0. The second-order valence-corrected chi connectivity index (χ2v) is 10.3. The molecule has 3 N–H and O–H groups in total. The Bertz CT molecular complexity index is 1330. The van der Waals surface area contributed by atoms with Crippen molar-refractivity contribution in [3.05, 3.63) is 47.9 Å². The predicted molar refractivity (Wildman–Crippen MR) is 122 cm³/mol. The number of nitrogens with two attached hydrogens (primary N) is 1. The van der Waals surface area contributed by atoms with Crippen LogP contribution in [0.2, 0.25) is 0 Å². The molecule has 2 aliphatic heterocycles. The molecule has 170 valence electrons. The maximum atomic E-state index is 13.2. The number of fused-ring (bicyclic) bond motifs is 3. The lowest BCUT2D eigenvalue weighted by Gasteiger charge is -2.27. The van der Waals surface area contributed by atoms with Gasteiger partial charge < -0.3 is 20.7 Å². The molecule has 33 heavy (non-hydrogen) atoms. The molecular formula is C24H26N6O3. The van der Waals surface area contributed by atoms with Gasteiger partial charge in [0.2, 0.25) is 5.91 Å². The van der Waals surface area contributed by atoms with Crippen molar-refractivity contribution in [3.8, 4) is 5.75 Å². The Hall–Kier alpha value is -3.62. The van der Waals surface area contributed by atoms with Gasteiger partial charge in [-0.1, -0.05) is 6.92 Å². The summed E-state index contributed by atoms with van der Waals surface area (Å²) < 4.78 is 7.75. The van der Waals surface area contributed by atoms with E-state index >= 15 is 0 Å². The Labute approximate surface area is 190 Å². The van der Waals surface area contributed by atoms with Crippen LogP contribution in [0.5, 0.6) is 5.75 Å². The number of ether oxygens (including phenoxy) is 1. The number of hydrogen-bond acceptors (Lipinski definition) is 6. The number of anilines is 2. The maximum Gasteiger partial charge on any atom is 0.261 e. The van der Waals surface area contributed by atoms with Gasteiger partial charge in [0.05, 0.1) is 23.5 Å². The summed E-state index contributed by atoms with van der Waals surface area (Å²) in [6.07, 6.45) is 5.68. The zero-order chi connectivity index (χ0) is 23.1. The van der Waals surface area contributed by atoms with Gasteiger partial charge in [-0.05, 0) is 31.9 Å². The molecule has 6 rings (SSSR count). The highest BCUT2D eigenvalue weighted by Gasteiger charge is 2.68. The summed E-state index contributed by atoms with van der Waals surface area (Å²) in [4.78, 5) is 31.6. The van der Waals surface area contributed by atoms with Crippen LogP contribution < -0.4 is 20.7 Å². The first-order valence-corrected chi connectivity index (χ1v) is 11.2. The Kier molecular flexibility index (Phi) is 3.92. The van der Waals surface area contributed by atoms with Gasteiger partial charge in [0.1, 0.15) is 16.9 Å². The fourth-order valence-electron chi connectivity index (χ4n) is 5.79. The number of aromatic nitrogens is 3. The summed E-state index contributed by atoms with van der Waals surface area (Å²) in [6, 6.07) is 5.79. The maximum absolute atomic E-state index is 13.2. The zero-order valence-corrected chi connectivity index (χ0v) is 18.8. The van der Waals surface area contributed by atoms with Crippen LogP contribution >= 0.6 is 0 Å². The number of primary amides is 1. The van der Waals surface area contributed by atoms with Crippen LogP contribution in [0.4, 0.5) is 11.4 Å². The molecule has 3 aliphatic rings. The summed E-state index contributed by atoms with van der Waals surface area (Å²) in [5, 5.41) is 7.32. The molecule has 1 saturated carbocycles. The summed E-state index contributed by atoms with van der Waals surface area (Å²) in [5.41, 5.74) is 8.75. The van der Waals surface area contributed by atoms with Gasteiger partial charge in [0.15, 0.2) is 5.65 Å². The number of carbonyl (C=O) groups is 2. The van der Waals surface area contributed by atoms with Crippen molar-refractivity contribution in [2.24, 2.45) is 23.0 Å². The summed E-state index contributed by atoms with van der Waals surface area (Å²) in [5.74, 6) is 0.487. The van der Waals surface area contributed by atoms with Gasteiger partial charge in [0.25, 0.3) is 5.91 Å². The lowest BCUT2D eigenvalue weighted by molar-refractivity contribution is -0.120. The third-order valence-electron chi connectivity index (χ3n) is 7.40. The van der Waals surface area contributed by atoms with Crippen LogP contribution in [0.15, 0.2) is 36.8 Å². The minimum absolute atomic E-state index is 0.0822. The van der Waals surface area contributed by atoms with Crippen molar-refractivity contribution in [1.29, 1.82) is 0 Å². The zero-order valence-electron chi connectivity index (χ0n) is 18.8. The van der Waals surface area contributed by atoms with Crippen molar-refractivity contribution in [1.82, 2.24) is 14.6 Å². The van der Waals surface area contributed by atoms with Crippen LogP contribution in [0.3, 0.4) is 0 Å². The normalized spacial score (nSPS) is 26.6. The number of piperidine rings is 1. The average molecular weight is 447 g/mol. The van der Waals surface area contributed by atoms with Crippen molar-refractivity contribution in [3.63, 3.8) is 0 Å². The van der Waals surface area contributed by atoms with Crippen LogP contribution in [0.25, 0.3) is 5.65 Å². The summed E-state index contributed by atoms with van der Waals surface area (Å²) in [6.45, 7) is 7.64. The highest BCUT2D eigenvalue weighted by molar-refractivity contribution is 6.09. The average Bonchev–Trinajstić information content (AvgIpc) is 3.11. The van der Waals surface area contributed by atoms with Crippen LogP contribution in [0, 0.1) is 17.3 Å². The molecule has 2 aromatic heterocycles. The largest absolute Gasteiger partial charge is 0.487 e. The molecule has 0 bridgehead atoms. The van der Waals surface area contributed by atoms with E-state index < -0.39 is 0 Å². The molecule has 1 aliphatic carbocycles. The Morgan fingerprint density at radius 2 is 2.09 bits per heavy atom. The molecule has 2 amide bonds. The standard InChI is InChI=1S/C24H26N6O3/c1-23(2)9-13-7-16(28-22(32)14-10-27-30-6-4-5-26-21(14)30)17(8-18(13)33-23)29-11-15-19(20(25)31)24(15,3)12-29/h4-8,10,15,19H,9,11-12H2,1-3H3,(H2,25,31)(H,28,32)/t15-,19+,24-/m0/s1. The van der Waals surface area contributed by atoms with Gasteiger partial charge >= 0.3 is 0 Å². The van der Waals surface area contributed by atoms with Crippen LogP contribution in [0.1, 0.15) is 36.7 Å². The molecule has 2 fully saturated rings. The number of amides is 2. The van der Waals surface area contributed by atoms with Gasteiger partial charge in [-0.2, -0.15) is 5.10 Å². The lowest BCUT2D eigenvalue weighted by atomic mass is 10.0. The number of benzene rings is 1. The highest BCUT2D eigenvalue weighted by Crippen LogP contribution is 2.63. The fourth-order valence-corrected chi connectivity index (χ4v) is 5.79. The van der Waals surface area contributed by atoms with Gasteiger partial charge in [-0.3, -0.25) is 9.59 Å². The minimum Gasteiger partial charge on any atom is -0.487 e. The first-order valence-electron chi connectivity index (χ1n) is 11.2. The first kappa shape index (κ1) is 20.0. The number of rotatable bonds is 4. The van der Waals surface area contributed by atoms with E-state index in [0.29, 0.717) is 24.3 Å². The number of carbonyl (C=O) groups excluding carboxylic acids is 2. The molecule has 1 aromatic carbocycles. The van der Waals surface area contributed by atoms with Gasteiger partial charge in [-0.25, -0.2) is 9.50 Å². The predicted octanol–water partition coefficient (Wildman–Crippen LogP) is 2.25. The van der Waals surface area contributed by atoms with Crippen LogP contribution in [-0.2, 0) is 11.2 Å². The SMILES string of the molecule is CC1(C)Cc2cc(NC(=O)c3cnn4cccnc34)c(N3C[C@H]4[C@H](C(N)=O)[C@@]4(C)C3)cc2O1. The van der Waals surface area contributed by atoms with Gasteiger partial charge in [0, 0.05) is 48.9 Å². The summed E-state index contributed by atoms with van der Waals surface area (Å²) in [7, 11) is 0. The third-order valence-corrected chi connectivity index (χ3v) is 7.40. The van der Waals surface area contributed by atoms with E-state index in [1.165, 1.54) is 6.20 Å². The second kappa shape index (κ2) is 6.46. The smallest absolute Gasteiger partial charge is 0.261 e. The molecule has 0 spiro atoms.